The lowest BCUT2D eigenvalue weighted by molar-refractivity contribution is -0.122. The second kappa shape index (κ2) is 8.17. The van der Waals surface area contributed by atoms with E-state index in [1.54, 1.807) is 0 Å². The van der Waals surface area contributed by atoms with Crippen molar-refractivity contribution in [2.24, 2.45) is 5.92 Å². The number of fused-ring (bicyclic) bond motifs is 1. The highest BCUT2D eigenvalue weighted by Crippen LogP contribution is 2.28. The molecule has 2 aromatic heterocycles. The Balaban J connectivity index is 1.61. The maximum atomic E-state index is 12.8. The van der Waals surface area contributed by atoms with Gasteiger partial charge in [-0.25, -0.2) is 0 Å². The van der Waals surface area contributed by atoms with E-state index >= 15 is 0 Å². The van der Waals surface area contributed by atoms with Crippen molar-refractivity contribution in [1.82, 2.24) is 20.1 Å². The summed E-state index contributed by atoms with van der Waals surface area (Å²) in [4.78, 5) is 12.8. The van der Waals surface area contributed by atoms with Gasteiger partial charge in [-0.05, 0) is 30.9 Å². The van der Waals surface area contributed by atoms with Gasteiger partial charge in [0.05, 0.1) is 0 Å². The Morgan fingerprint density at radius 3 is 2.79 bits per heavy atom. The lowest BCUT2D eigenvalue weighted by atomic mass is 9.95. The summed E-state index contributed by atoms with van der Waals surface area (Å²) in [7, 11) is 0. The predicted molar refractivity (Wildman–Crippen MR) is 109 cm³/mol. The van der Waals surface area contributed by atoms with E-state index in [1.165, 1.54) is 19.3 Å². The molecule has 0 bridgehead atoms. The molecule has 28 heavy (non-hydrogen) atoms. The van der Waals surface area contributed by atoms with Crippen LogP contribution in [0.2, 0.25) is 0 Å². The number of rotatable bonds is 6. The summed E-state index contributed by atoms with van der Waals surface area (Å²) in [5.41, 5.74) is 1.79. The van der Waals surface area contributed by atoms with Crippen LogP contribution < -0.4 is 5.32 Å². The number of nitrogens with zero attached hydrogens (tertiary/aromatic N) is 3. The number of nitrogens with one attached hydrogen (secondary N) is 1. The van der Waals surface area contributed by atoms with Crippen molar-refractivity contribution >= 4 is 16.8 Å². The maximum Gasteiger partial charge on any atom is 0.264 e. The zero-order valence-electron chi connectivity index (χ0n) is 16.6. The van der Waals surface area contributed by atoms with Crippen molar-refractivity contribution in [3.8, 4) is 11.6 Å². The molecular formula is C22H28N4O2. The number of aromatic nitrogens is 3. The van der Waals surface area contributed by atoms with E-state index in [-0.39, 0.29) is 12.5 Å². The second-order valence-corrected chi connectivity index (χ2v) is 8.18. The van der Waals surface area contributed by atoms with Gasteiger partial charge in [0, 0.05) is 23.4 Å². The Bertz CT molecular complexity index is 951. The molecule has 0 radical (unpaired) electrons. The highest BCUT2D eigenvalue weighted by Gasteiger charge is 2.20. The van der Waals surface area contributed by atoms with Crippen molar-refractivity contribution in [3.05, 3.63) is 36.2 Å². The molecule has 1 saturated carbocycles. The van der Waals surface area contributed by atoms with Gasteiger partial charge in [0.1, 0.15) is 12.2 Å². The number of para-hydroxylation sites is 1. The van der Waals surface area contributed by atoms with Gasteiger partial charge in [-0.2, -0.15) is 0 Å². The molecule has 0 spiro atoms. The fourth-order valence-electron chi connectivity index (χ4n) is 4.01. The van der Waals surface area contributed by atoms with Crippen LogP contribution in [-0.2, 0) is 17.8 Å². The van der Waals surface area contributed by atoms with Crippen LogP contribution >= 0.6 is 0 Å². The van der Waals surface area contributed by atoms with Gasteiger partial charge in [-0.1, -0.05) is 51.3 Å². The van der Waals surface area contributed by atoms with Crippen LogP contribution in [0, 0.1) is 5.92 Å². The third-order valence-corrected chi connectivity index (χ3v) is 5.35. The van der Waals surface area contributed by atoms with Crippen molar-refractivity contribution in [2.45, 2.75) is 65.0 Å². The molecule has 1 fully saturated rings. The van der Waals surface area contributed by atoms with Crippen molar-refractivity contribution < 1.29 is 9.21 Å². The lowest BCUT2D eigenvalue weighted by Crippen LogP contribution is -2.38. The molecule has 0 aliphatic heterocycles. The smallest absolute Gasteiger partial charge is 0.264 e. The molecule has 1 aromatic carbocycles. The van der Waals surface area contributed by atoms with Gasteiger partial charge in [-0.15, -0.1) is 10.2 Å². The number of benzene rings is 1. The molecule has 3 aromatic rings. The maximum absolute atomic E-state index is 12.8. The third kappa shape index (κ3) is 4.11. The van der Waals surface area contributed by atoms with Gasteiger partial charge in [0.15, 0.2) is 0 Å². The lowest BCUT2D eigenvalue weighted by Gasteiger charge is -2.23. The van der Waals surface area contributed by atoms with Gasteiger partial charge in [0.25, 0.3) is 5.89 Å². The van der Waals surface area contributed by atoms with Crippen molar-refractivity contribution in [2.75, 3.05) is 0 Å². The van der Waals surface area contributed by atoms with E-state index in [0.29, 0.717) is 23.7 Å². The summed E-state index contributed by atoms with van der Waals surface area (Å²) < 4.78 is 7.89. The predicted octanol–water partition coefficient (Wildman–Crippen LogP) is 4.34. The fraction of sp³-hybridized carbons (Fsp3) is 0.500. The van der Waals surface area contributed by atoms with Crippen LogP contribution in [0.3, 0.4) is 0 Å². The first-order valence-electron chi connectivity index (χ1n) is 10.3. The highest BCUT2D eigenvalue weighted by atomic mass is 16.4. The van der Waals surface area contributed by atoms with E-state index in [4.69, 9.17) is 4.42 Å². The van der Waals surface area contributed by atoms with E-state index in [2.05, 4.69) is 29.4 Å². The second-order valence-electron chi connectivity index (χ2n) is 8.18. The van der Waals surface area contributed by atoms with Gasteiger partial charge in [-0.3, -0.25) is 4.79 Å². The first kappa shape index (κ1) is 18.7. The molecule has 0 unspecified atom stereocenters. The summed E-state index contributed by atoms with van der Waals surface area (Å²) >= 11 is 0. The average Bonchev–Trinajstić information content (AvgIpc) is 3.27. The average molecular weight is 380 g/mol. The monoisotopic (exact) mass is 380 g/mol. The minimum absolute atomic E-state index is 0.0384. The zero-order chi connectivity index (χ0) is 19.5. The van der Waals surface area contributed by atoms with Gasteiger partial charge < -0.3 is 14.3 Å². The van der Waals surface area contributed by atoms with E-state index in [1.807, 2.05) is 34.9 Å². The summed E-state index contributed by atoms with van der Waals surface area (Å²) in [5.74, 6) is 1.59. The summed E-state index contributed by atoms with van der Waals surface area (Å²) in [6, 6.07) is 10.4. The minimum atomic E-state index is 0.0384. The molecule has 1 aliphatic carbocycles. The number of hydrogen-bond donors (Lipinski definition) is 1. The number of carbonyl (C=O) groups excluding carboxylic acids is 1. The Kier molecular flexibility index (Phi) is 5.46. The van der Waals surface area contributed by atoms with Gasteiger partial charge >= 0.3 is 0 Å². The number of amides is 1. The Hall–Kier alpha value is -2.63. The number of hydrogen-bond acceptors (Lipinski definition) is 4. The van der Waals surface area contributed by atoms with Gasteiger partial charge in [0.2, 0.25) is 11.8 Å². The molecule has 0 atom stereocenters. The van der Waals surface area contributed by atoms with Crippen LogP contribution in [0.4, 0.5) is 0 Å². The minimum Gasteiger partial charge on any atom is -0.419 e. The molecule has 1 amide bonds. The molecule has 6 nitrogen and oxygen atoms in total. The Labute approximate surface area is 165 Å². The highest BCUT2D eigenvalue weighted by molar-refractivity contribution is 5.88. The molecular weight excluding hydrogens is 352 g/mol. The molecule has 148 valence electrons. The molecule has 2 heterocycles. The summed E-state index contributed by atoms with van der Waals surface area (Å²) in [6.07, 6.45) is 6.57. The molecule has 0 saturated heterocycles. The van der Waals surface area contributed by atoms with Crippen molar-refractivity contribution in [1.29, 1.82) is 0 Å². The van der Waals surface area contributed by atoms with Crippen LogP contribution in [-0.4, -0.2) is 26.7 Å². The fourth-order valence-corrected chi connectivity index (χ4v) is 4.01. The van der Waals surface area contributed by atoms with Crippen LogP contribution in [0.1, 0.15) is 51.8 Å². The van der Waals surface area contributed by atoms with Crippen LogP contribution in [0.25, 0.3) is 22.5 Å². The van der Waals surface area contributed by atoms with Crippen molar-refractivity contribution in [3.63, 3.8) is 0 Å². The van der Waals surface area contributed by atoms with Crippen LogP contribution in [0.15, 0.2) is 34.7 Å². The summed E-state index contributed by atoms with van der Waals surface area (Å²) in [5, 5.41) is 12.7. The Morgan fingerprint density at radius 1 is 1.21 bits per heavy atom. The SMILES string of the molecule is CC(C)Cc1nnc(-c2cc3ccccc3n2CC(=O)NC2CCCCC2)o1. The van der Waals surface area contributed by atoms with Crippen LogP contribution in [0.5, 0.6) is 0 Å². The van der Waals surface area contributed by atoms with E-state index in [9.17, 15) is 4.79 Å². The molecule has 1 N–H and O–H groups in total. The molecule has 6 heteroatoms. The molecule has 1 aliphatic rings. The largest absolute Gasteiger partial charge is 0.419 e. The summed E-state index contributed by atoms with van der Waals surface area (Å²) in [6.45, 7) is 4.49. The number of carbonyl (C=O) groups is 1. The first-order valence-corrected chi connectivity index (χ1v) is 10.3. The molecule has 4 rings (SSSR count). The van der Waals surface area contributed by atoms with E-state index in [0.717, 1.165) is 35.9 Å². The normalized spacial score (nSPS) is 15.4. The Morgan fingerprint density at radius 2 is 2.00 bits per heavy atom. The topological polar surface area (TPSA) is 73.0 Å². The third-order valence-electron chi connectivity index (χ3n) is 5.35. The first-order chi connectivity index (χ1) is 13.6. The zero-order valence-corrected chi connectivity index (χ0v) is 16.6. The standard InChI is InChI=1S/C22H28N4O2/c1-15(2)12-21-24-25-22(28-21)19-13-16-8-6-7-11-18(16)26(19)14-20(27)23-17-9-4-3-5-10-17/h6-8,11,13,15,17H,3-5,9-10,12,14H2,1-2H3,(H,23,27). The quantitative estimate of drug-likeness (QED) is 0.690. The van der Waals surface area contributed by atoms with E-state index < -0.39 is 0 Å².